The Hall–Kier alpha value is -3.01. The number of rotatable bonds is 0. The van der Waals surface area contributed by atoms with Crippen LogP contribution in [-0.2, 0) is 23.7 Å². The van der Waals surface area contributed by atoms with Crippen molar-refractivity contribution in [1.82, 2.24) is 0 Å². The third kappa shape index (κ3) is 13.8. The van der Waals surface area contributed by atoms with Gasteiger partial charge in [0.25, 0.3) is 0 Å². The molecule has 0 amide bonds. The summed E-state index contributed by atoms with van der Waals surface area (Å²) in [6, 6.07) is 30.1. The van der Waals surface area contributed by atoms with Crippen molar-refractivity contribution in [1.29, 1.82) is 0 Å². The minimum atomic E-state index is 0.414. The maximum absolute atomic E-state index is 9.21. The van der Waals surface area contributed by atoms with E-state index in [0.717, 1.165) is 42.7 Å². The van der Waals surface area contributed by atoms with E-state index in [9.17, 15) is 10.2 Å². The van der Waals surface area contributed by atoms with Crippen molar-refractivity contribution in [2.75, 3.05) is 0 Å². The van der Waals surface area contributed by atoms with E-state index in [1.165, 1.54) is 22.3 Å². The Kier molecular flexibility index (Phi) is 16.8. The second kappa shape index (κ2) is 18.3. The summed E-state index contributed by atoms with van der Waals surface area (Å²) < 4.78 is 8.25. The van der Waals surface area contributed by atoms with Gasteiger partial charge in [-0.1, -0.05) is 64.1 Å². The van der Waals surface area contributed by atoms with Gasteiger partial charge in [0.2, 0.25) is 0 Å². The molecule has 0 aromatic heterocycles. The van der Waals surface area contributed by atoms with Gasteiger partial charge in [-0.3, -0.25) is 0 Å². The van der Waals surface area contributed by atoms with Crippen LogP contribution in [0.15, 0.2) is 72.8 Å². The molecule has 4 rings (SSSR count). The zero-order valence-corrected chi connectivity index (χ0v) is 24.3. The zero-order valence-electron chi connectivity index (χ0n) is 22.7. The number of phenols is 2. The second-order valence-corrected chi connectivity index (χ2v) is 8.51. The Bertz CT molecular complexity index is 1020. The SMILES string of the molecule is Cc1[c-]c(C)ccc1.Cc1[c-]c(C)ccc1.Cc1cccc(C)c1O.Cc1cccc(C)c1O.[O]=[Ti+2]. The van der Waals surface area contributed by atoms with Gasteiger partial charge < -0.3 is 10.2 Å². The fraction of sp³-hybridized carbons (Fsp3) is 0.250. The standard InChI is InChI=1S/2C8H10O.2C8H9.O.Ti/c2*1-6-4-3-5-7(2)8(6)9;2*1-7-4-3-5-8(2)6-7;;/h2*3-5,9H,1-2H3;2*3-5H,1-2H3;;/q;;2*-1;;+2. The van der Waals surface area contributed by atoms with Gasteiger partial charge in [-0.05, 0) is 49.9 Å². The number of aryl methyl sites for hydroxylation is 8. The summed E-state index contributed by atoms with van der Waals surface area (Å²) in [4.78, 5) is 0. The van der Waals surface area contributed by atoms with E-state index in [1.807, 2.05) is 128 Å². The monoisotopic (exact) mass is 518 g/mol. The van der Waals surface area contributed by atoms with Crippen molar-refractivity contribution >= 4 is 0 Å². The molecular weight excluding hydrogens is 480 g/mol. The average Bonchev–Trinajstić information content (AvgIpc) is 2.83. The van der Waals surface area contributed by atoms with E-state index >= 15 is 0 Å². The molecule has 36 heavy (non-hydrogen) atoms. The van der Waals surface area contributed by atoms with Crippen LogP contribution in [0.5, 0.6) is 11.5 Å². The molecule has 0 bridgehead atoms. The molecule has 0 radical (unpaired) electrons. The van der Waals surface area contributed by atoms with Crippen molar-refractivity contribution in [2.45, 2.75) is 55.4 Å². The van der Waals surface area contributed by atoms with E-state index < -0.39 is 0 Å². The molecule has 0 aliphatic heterocycles. The molecule has 0 heterocycles. The van der Waals surface area contributed by atoms with Gasteiger partial charge in [-0.15, -0.1) is 0 Å². The average molecular weight is 519 g/mol. The Balaban J connectivity index is 0.000000444. The molecule has 0 aliphatic rings. The van der Waals surface area contributed by atoms with Crippen molar-refractivity contribution in [3.8, 4) is 11.5 Å². The molecule has 3 nitrogen and oxygen atoms in total. The van der Waals surface area contributed by atoms with Gasteiger partial charge >= 0.3 is 23.7 Å². The molecule has 2 N–H and O–H groups in total. The number of phenolic OH excluding ortho intramolecular Hbond substituents is 2. The predicted octanol–water partition coefficient (Wildman–Crippen LogP) is 8.10. The minimum absolute atomic E-state index is 0.414. The van der Waals surface area contributed by atoms with Gasteiger partial charge in [0.1, 0.15) is 11.5 Å². The van der Waals surface area contributed by atoms with Crippen LogP contribution in [0.1, 0.15) is 44.5 Å². The van der Waals surface area contributed by atoms with Crippen LogP contribution in [0.25, 0.3) is 0 Å². The molecule has 0 saturated heterocycles. The van der Waals surface area contributed by atoms with Crippen LogP contribution in [0.4, 0.5) is 0 Å². The molecule has 4 aromatic rings. The predicted molar refractivity (Wildman–Crippen MR) is 145 cm³/mol. The van der Waals surface area contributed by atoms with Gasteiger partial charge in [-0.25, -0.2) is 0 Å². The van der Waals surface area contributed by atoms with E-state index in [4.69, 9.17) is 3.32 Å². The fourth-order valence-electron chi connectivity index (χ4n) is 3.07. The fourth-order valence-corrected chi connectivity index (χ4v) is 3.07. The first-order chi connectivity index (χ1) is 17.0. The van der Waals surface area contributed by atoms with Gasteiger partial charge in [0.15, 0.2) is 0 Å². The molecule has 0 fully saturated rings. The number of para-hydroxylation sites is 2. The molecule has 188 valence electrons. The van der Waals surface area contributed by atoms with Crippen molar-refractivity contribution in [2.24, 2.45) is 0 Å². The van der Waals surface area contributed by atoms with E-state index in [1.54, 1.807) is 0 Å². The van der Waals surface area contributed by atoms with Crippen molar-refractivity contribution in [3.05, 3.63) is 129 Å². The molecule has 0 spiro atoms. The van der Waals surface area contributed by atoms with Crippen molar-refractivity contribution < 1.29 is 33.9 Å². The van der Waals surface area contributed by atoms with Crippen LogP contribution in [-0.4, -0.2) is 10.2 Å². The summed E-state index contributed by atoms with van der Waals surface area (Å²) in [6.07, 6.45) is 0. The first-order valence-electron chi connectivity index (χ1n) is 11.6. The van der Waals surface area contributed by atoms with Crippen LogP contribution in [0.3, 0.4) is 0 Å². The Morgan fingerprint density at radius 2 is 0.639 bits per heavy atom. The number of benzene rings is 4. The van der Waals surface area contributed by atoms with Gasteiger partial charge in [-0.2, -0.15) is 70.8 Å². The topological polar surface area (TPSA) is 57.5 Å². The summed E-state index contributed by atoms with van der Waals surface area (Å²) in [6.45, 7) is 15.8. The molecule has 0 unspecified atom stereocenters. The summed E-state index contributed by atoms with van der Waals surface area (Å²) in [5.74, 6) is 0.829. The maximum atomic E-state index is 9.21. The third-order valence-electron chi connectivity index (χ3n) is 5.05. The molecule has 0 atom stereocenters. The number of hydrogen-bond donors (Lipinski definition) is 2. The van der Waals surface area contributed by atoms with Crippen LogP contribution < -0.4 is 0 Å². The molecule has 0 saturated carbocycles. The van der Waals surface area contributed by atoms with Crippen LogP contribution in [0, 0.1) is 67.5 Å². The summed E-state index contributed by atoms with van der Waals surface area (Å²) >= 11 is 0.750. The second-order valence-electron chi connectivity index (χ2n) is 8.51. The summed E-state index contributed by atoms with van der Waals surface area (Å²) in [5, 5.41) is 18.4. The molecule has 4 heteroatoms. The van der Waals surface area contributed by atoms with E-state index in [2.05, 4.69) is 12.1 Å². The van der Waals surface area contributed by atoms with Crippen LogP contribution in [0.2, 0.25) is 0 Å². The Morgan fingerprint density at radius 1 is 0.444 bits per heavy atom. The molecule has 4 aromatic carbocycles. The Morgan fingerprint density at radius 3 is 0.778 bits per heavy atom. The Labute approximate surface area is 229 Å². The van der Waals surface area contributed by atoms with Gasteiger partial charge in [0, 0.05) is 0 Å². The van der Waals surface area contributed by atoms with Crippen molar-refractivity contribution in [3.63, 3.8) is 0 Å². The van der Waals surface area contributed by atoms with Gasteiger partial charge in [0.05, 0.1) is 0 Å². The normalized spacial score (nSPS) is 9.06. The number of aromatic hydroxyl groups is 2. The third-order valence-corrected chi connectivity index (χ3v) is 5.05. The first kappa shape index (κ1) is 33.0. The van der Waals surface area contributed by atoms with E-state index in [-0.39, 0.29) is 0 Å². The zero-order chi connectivity index (χ0) is 27.7. The van der Waals surface area contributed by atoms with E-state index in [0.29, 0.717) is 11.5 Å². The quantitative estimate of drug-likeness (QED) is 0.183. The van der Waals surface area contributed by atoms with Crippen LogP contribution >= 0.6 is 0 Å². The summed E-state index contributed by atoms with van der Waals surface area (Å²) in [7, 11) is 0. The molecule has 0 aliphatic carbocycles. The first-order valence-corrected chi connectivity index (χ1v) is 12.3. The molecular formula is C32H38O3Ti. The summed E-state index contributed by atoms with van der Waals surface area (Å²) in [5.41, 5.74) is 8.61. The number of hydrogen-bond acceptors (Lipinski definition) is 3.